The van der Waals surface area contributed by atoms with Gasteiger partial charge in [-0.2, -0.15) is 0 Å². The molecule has 4 heteroatoms. The molecule has 0 radical (unpaired) electrons. The van der Waals surface area contributed by atoms with E-state index in [2.05, 4.69) is 11.8 Å². The van der Waals surface area contributed by atoms with Crippen LogP contribution in [0.5, 0.6) is 0 Å². The first-order valence-electron chi connectivity index (χ1n) is 6.00. The van der Waals surface area contributed by atoms with E-state index in [0.29, 0.717) is 11.6 Å². The van der Waals surface area contributed by atoms with Gasteiger partial charge in [-0.05, 0) is 31.4 Å². The Morgan fingerprint density at radius 1 is 1.53 bits per heavy atom. The van der Waals surface area contributed by atoms with E-state index >= 15 is 0 Å². The molecule has 0 aliphatic heterocycles. The average Bonchev–Trinajstić information content (AvgIpc) is 3.08. The van der Waals surface area contributed by atoms with Gasteiger partial charge in [-0.3, -0.25) is 0 Å². The van der Waals surface area contributed by atoms with Crippen LogP contribution in [0.15, 0.2) is 18.2 Å². The number of anilines is 1. The molecule has 2 nitrogen and oxygen atoms in total. The minimum atomic E-state index is -0.322. The Balaban J connectivity index is 2.41. The van der Waals surface area contributed by atoms with E-state index in [1.807, 2.05) is 6.07 Å². The van der Waals surface area contributed by atoms with Crippen LogP contribution in [-0.4, -0.2) is 17.6 Å². The van der Waals surface area contributed by atoms with E-state index in [1.165, 1.54) is 18.9 Å². The third kappa shape index (κ3) is 2.57. The minimum Gasteiger partial charge on any atom is -0.389 e. The molecular formula is C13H17FN2S. The SMILES string of the molecule is CCCN(c1cccc(F)c1C(N)=S)C1CC1. The van der Waals surface area contributed by atoms with Crippen LogP contribution in [-0.2, 0) is 0 Å². The Morgan fingerprint density at radius 2 is 2.24 bits per heavy atom. The largest absolute Gasteiger partial charge is 0.389 e. The summed E-state index contributed by atoms with van der Waals surface area (Å²) in [6.07, 6.45) is 3.38. The number of benzene rings is 1. The van der Waals surface area contributed by atoms with Gasteiger partial charge in [0.1, 0.15) is 10.8 Å². The molecule has 0 heterocycles. The lowest BCUT2D eigenvalue weighted by molar-refractivity contribution is 0.623. The van der Waals surface area contributed by atoms with Gasteiger partial charge in [-0.15, -0.1) is 0 Å². The second-order valence-electron chi connectivity index (χ2n) is 4.42. The Hall–Kier alpha value is -1.16. The van der Waals surface area contributed by atoms with Crippen LogP contribution >= 0.6 is 12.2 Å². The third-order valence-corrected chi connectivity index (χ3v) is 3.20. The van der Waals surface area contributed by atoms with Crippen molar-refractivity contribution in [1.29, 1.82) is 0 Å². The van der Waals surface area contributed by atoms with Crippen LogP contribution in [0.4, 0.5) is 10.1 Å². The molecule has 2 N–H and O–H groups in total. The molecule has 1 aliphatic carbocycles. The van der Waals surface area contributed by atoms with E-state index in [0.717, 1.165) is 18.7 Å². The number of nitrogens with two attached hydrogens (primary N) is 1. The topological polar surface area (TPSA) is 29.3 Å². The predicted octanol–water partition coefficient (Wildman–Crippen LogP) is 2.84. The van der Waals surface area contributed by atoms with Gasteiger partial charge in [0.15, 0.2) is 0 Å². The summed E-state index contributed by atoms with van der Waals surface area (Å²) in [6, 6.07) is 5.57. The minimum absolute atomic E-state index is 0.139. The highest BCUT2D eigenvalue weighted by Crippen LogP contribution is 2.34. The van der Waals surface area contributed by atoms with Gasteiger partial charge in [-0.1, -0.05) is 25.2 Å². The van der Waals surface area contributed by atoms with E-state index in [4.69, 9.17) is 18.0 Å². The number of thiocarbonyl (C=S) groups is 1. The number of nitrogens with zero attached hydrogens (tertiary/aromatic N) is 1. The zero-order chi connectivity index (χ0) is 12.4. The van der Waals surface area contributed by atoms with Gasteiger partial charge >= 0.3 is 0 Å². The molecule has 17 heavy (non-hydrogen) atoms. The van der Waals surface area contributed by atoms with Crippen LogP contribution in [0, 0.1) is 5.82 Å². The molecule has 1 saturated carbocycles. The van der Waals surface area contributed by atoms with Crippen molar-refractivity contribution < 1.29 is 4.39 Å². The third-order valence-electron chi connectivity index (χ3n) is 3.00. The van der Waals surface area contributed by atoms with E-state index < -0.39 is 0 Å². The quantitative estimate of drug-likeness (QED) is 0.817. The summed E-state index contributed by atoms with van der Waals surface area (Å²) in [7, 11) is 0. The lowest BCUT2D eigenvalue weighted by Gasteiger charge is -2.26. The zero-order valence-electron chi connectivity index (χ0n) is 9.95. The zero-order valence-corrected chi connectivity index (χ0v) is 10.8. The molecule has 1 aromatic carbocycles. The summed E-state index contributed by atoms with van der Waals surface area (Å²) in [5.74, 6) is -0.322. The van der Waals surface area contributed by atoms with Crippen molar-refractivity contribution in [3.05, 3.63) is 29.6 Å². The molecule has 0 unspecified atom stereocenters. The molecule has 1 aromatic rings. The second-order valence-corrected chi connectivity index (χ2v) is 4.86. The molecule has 92 valence electrons. The number of rotatable bonds is 5. The first-order valence-corrected chi connectivity index (χ1v) is 6.41. The van der Waals surface area contributed by atoms with Gasteiger partial charge in [0, 0.05) is 12.6 Å². The fourth-order valence-electron chi connectivity index (χ4n) is 2.12. The molecule has 0 amide bonds. The maximum atomic E-state index is 13.8. The first-order chi connectivity index (χ1) is 8.15. The van der Waals surface area contributed by atoms with Crippen molar-refractivity contribution in [3.63, 3.8) is 0 Å². The molecule has 0 spiro atoms. The molecule has 2 rings (SSSR count). The summed E-state index contributed by atoms with van der Waals surface area (Å²) in [5, 5.41) is 0. The number of hydrogen-bond donors (Lipinski definition) is 1. The van der Waals surface area contributed by atoms with Crippen molar-refractivity contribution in [3.8, 4) is 0 Å². The van der Waals surface area contributed by atoms with Crippen molar-refractivity contribution in [2.24, 2.45) is 5.73 Å². The lowest BCUT2D eigenvalue weighted by atomic mass is 10.1. The predicted molar refractivity (Wildman–Crippen MR) is 72.9 cm³/mol. The van der Waals surface area contributed by atoms with Crippen LogP contribution in [0.1, 0.15) is 31.7 Å². The lowest BCUT2D eigenvalue weighted by Crippen LogP contribution is -2.29. The standard InChI is InChI=1S/C13H17FN2S/c1-2-8-16(9-6-7-9)11-5-3-4-10(14)12(11)13(15)17/h3-5,9H,2,6-8H2,1H3,(H2,15,17). The summed E-state index contributed by atoms with van der Waals surface area (Å²) >= 11 is 4.96. The van der Waals surface area contributed by atoms with Gasteiger partial charge in [0.05, 0.1) is 11.3 Å². The molecule has 1 aliphatic rings. The summed E-state index contributed by atoms with van der Waals surface area (Å²) in [6.45, 7) is 3.04. The molecule has 1 fully saturated rings. The maximum Gasteiger partial charge on any atom is 0.135 e. The Morgan fingerprint density at radius 3 is 2.76 bits per heavy atom. The van der Waals surface area contributed by atoms with Crippen LogP contribution in [0.2, 0.25) is 0 Å². The average molecular weight is 252 g/mol. The Bertz CT molecular complexity index is 429. The van der Waals surface area contributed by atoms with Gasteiger partial charge in [0.25, 0.3) is 0 Å². The smallest absolute Gasteiger partial charge is 0.135 e. The molecule has 0 atom stereocenters. The molecule has 0 aromatic heterocycles. The Kier molecular flexibility index (Phi) is 3.62. The van der Waals surface area contributed by atoms with Crippen LogP contribution in [0.3, 0.4) is 0 Å². The molecule has 0 bridgehead atoms. The fraction of sp³-hybridized carbons (Fsp3) is 0.462. The van der Waals surface area contributed by atoms with Crippen molar-refractivity contribution >= 4 is 22.9 Å². The second kappa shape index (κ2) is 5.00. The van der Waals surface area contributed by atoms with Crippen molar-refractivity contribution in [2.75, 3.05) is 11.4 Å². The summed E-state index contributed by atoms with van der Waals surface area (Å²) in [4.78, 5) is 2.37. The van der Waals surface area contributed by atoms with E-state index in [1.54, 1.807) is 6.07 Å². The van der Waals surface area contributed by atoms with Crippen LogP contribution in [0.25, 0.3) is 0 Å². The Labute approximate surface area is 107 Å². The van der Waals surface area contributed by atoms with Gasteiger partial charge in [0.2, 0.25) is 0 Å². The van der Waals surface area contributed by atoms with Gasteiger partial charge in [-0.25, -0.2) is 4.39 Å². The normalized spacial score (nSPS) is 14.7. The van der Waals surface area contributed by atoms with Crippen molar-refractivity contribution in [2.45, 2.75) is 32.2 Å². The highest BCUT2D eigenvalue weighted by atomic mass is 32.1. The summed E-state index contributed by atoms with van der Waals surface area (Å²) < 4.78 is 13.8. The highest BCUT2D eigenvalue weighted by Gasteiger charge is 2.30. The number of hydrogen-bond acceptors (Lipinski definition) is 2. The fourth-order valence-corrected chi connectivity index (χ4v) is 2.32. The molecule has 0 saturated heterocycles. The van der Waals surface area contributed by atoms with Crippen LogP contribution < -0.4 is 10.6 Å². The van der Waals surface area contributed by atoms with Gasteiger partial charge < -0.3 is 10.6 Å². The highest BCUT2D eigenvalue weighted by molar-refractivity contribution is 7.80. The van der Waals surface area contributed by atoms with E-state index in [-0.39, 0.29) is 10.8 Å². The van der Waals surface area contributed by atoms with Crippen molar-refractivity contribution in [1.82, 2.24) is 0 Å². The monoisotopic (exact) mass is 252 g/mol. The number of halogens is 1. The first kappa shape index (κ1) is 12.3. The summed E-state index contributed by atoms with van der Waals surface area (Å²) in [5.41, 5.74) is 6.88. The molecular weight excluding hydrogens is 235 g/mol. The van der Waals surface area contributed by atoms with E-state index in [9.17, 15) is 4.39 Å². The maximum absolute atomic E-state index is 13.8.